The van der Waals surface area contributed by atoms with Gasteiger partial charge in [-0.25, -0.2) is 8.78 Å². The molecule has 1 aliphatic rings. The Kier molecular flexibility index (Phi) is 2.95. The van der Waals surface area contributed by atoms with Crippen molar-refractivity contribution in [2.24, 2.45) is 0 Å². The lowest BCUT2D eigenvalue weighted by Gasteiger charge is -2.26. The Morgan fingerprint density at radius 1 is 1.31 bits per heavy atom. The van der Waals surface area contributed by atoms with Gasteiger partial charge in [0.15, 0.2) is 0 Å². The highest BCUT2D eigenvalue weighted by Gasteiger charge is 2.35. The molecule has 1 aromatic rings. The van der Waals surface area contributed by atoms with Crippen LogP contribution < -0.4 is 0 Å². The Bertz CT molecular complexity index is 411. The van der Waals surface area contributed by atoms with Crippen LogP contribution in [0.15, 0.2) is 12.1 Å². The Morgan fingerprint density at radius 3 is 2.62 bits per heavy atom. The van der Waals surface area contributed by atoms with Crippen molar-refractivity contribution in [3.8, 4) is 0 Å². The van der Waals surface area contributed by atoms with Crippen LogP contribution in [0.4, 0.5) is 8.78 Å². The van der Waals surface area contributed by atoms with E-state index < -0.39 is 5.92 Å². The third kappa shape index (κ3) is 2.08. The molecule has 0 N–H and O–H groups in total. The number of hydrogen-bond acceptors (Lipinski definition) is 0. The SMILES string of the molecule is CC(C)c1ccc2c(c1Cl)CC(F)(F)CC2. The number of alkyl halides is 2. The third-order valence-electron chi connectivity index (χ3n) is 3.19. The minimum Gasteiger partial charge on any atom is -0.207 e. The molecule has 0 saturated heterocycles. The van der Waals surface area contributed by atoms with Crippen LogP contribution in [-0.4, -0.2) is 5.92 Å². The van der Waals surface area contributed by atoms with Crippen LogP contribution in [0.25, 0.3) is 0 Å². The van der Waals surface area contributed by atoms with E-state index >= 15 is 0 Å². The summed E-state index contributed by atoms with van der Waals surface area (Å²) in [6.45, 7) is 4.04. The van der Waals surface area contributed by atoms with Crippen LogP contribution >= 0.6 is 11.6 Å². The van der Waals surface area contributed by atoms with Crippen LogP contribution in [-0.2, 0) is 12.8 Å². The van der Waals surface area contributed by atoms with E-state index in [-0.39, 0.29) is 18.8 Å². The molecule has 0 bridgehead atoms. The first kappa shape index (κ1) is 11.8. The van der Waals surface area contributed by atoms with Gasteiger partial charge in [-0.3, -0.25) is 0 Å². The van der Waals surface area contributed by atoms with Crippen LogP contribution in [0, 0.1) is 0 Å². The van der Waals surface area contributed by atoms with E-state index in [1.807, 2.05) is 26.0 Å². The van der Waals surface area contributed by atoms with E-state index in [4.69, 9.17) is 11.6 Å². The number of benzene rings is 1. The summed E-state index contributed by atoms with van der Waals surface area (Å²) in [5, 5.41) is 0.548. The Balaban J connectivity index is 2.48. The number of hydrogen-bond donors (Lipinski definition) is 0. The summed E-state index contributed by atoms with van der Waals surface area (Å²) >= 11 is 6.22. The number of rotatable bonds is 1. The van der Waals surface area contributed by atoms with E-state index in [1.54, 1.807) is 0 Å². The molecular weight excluding hydrogens is 230 g/mol. The van der Waals surface area contributed by atoms with Gasteiger partial charge in [0.2, 0.25) is 0 Å². The lowest BCUT2D eigenvalue weighted by molar-refractivity contribution is -0.0122. The fourth-order valence-corrected chi connectivity index (χ4v) is 2.68. The zero-order valence-electron chi connectivity index (χ0n) is 9.49. The maximum absolute atomic E-state index is 13.3. The lowest BCUT2D eigenvalue weighted by atomic mass is 9.86. The van der Waals surface area contributed by atoms with Gasteiger partial charge in [-0.2, -0.15) is 0 Å². The topological polar surface area (TPSA) is 0 Å². The van der Waals surface area contributed by atoms with Crippen molar-refractivity contribution in [2.45, 2.75) is 45.0 Å². The molecule has 0 fully saturated rings. The molecule has 0 heterocycles. The molecule has 1 aromatic carbocycles. The number of halogens is 3. The van der Waals surface area contributed by atoms with Crippen molar-refractivity contribution in [1.29, 1.82) is 0 Å². The minimum atomic E-state index is -2.59. The number of aryl methyl sites for hydroxylation is 1. The van der Waals surface area contributed by atoms with Crippen molar-refractivity contribution >= 4 is 11.6 Å². The van der Waals surface area contributed by atoms with E-state index in [0.717, 1.165) is 11.1 Å². The highest BCUT2D eigenvalue weighted by molar-refractivity contribution is 6.32. The minimum absolute atomic E-state index is 0.0582. The summed E-state index contributed by atoms with van der Waals surface area (Å²) < 4.78 is 26.7. The van der Waals surface area contributed by atoms with Crippen molar-refractivity contribution in [1.82, 2.24) is 0 Å². The maximum Gasteiger partial charge on any atom is 0.252 e. The molecular formula is C13H15ClF2. The molecule has 0 aliphatic heterocycles. The monoisotopic (exact) mass is 244 g/mol. The summed E-state index contributed by atoms with van der Waals surface area (Å²) in [5.41, 5.74) is 2.61. The zero-order chi connectivity index (χ0) is 11.9. The van der Waals surface area contributed by atoms with Gasteiger partial charge < -0.3 is 0 Å². The van der Waals surface area contributed by atoms with Crippen LogP contribution in [0.5, 0.6) is 0 Å². The van der Waals surface area contributed by atoms with Gasteiger partial charge in [-0.1, -0.05) is 37.6 Å². The maximum atomic E-state index is 13.3. The lowest BCUT2D eigenvalue weighted by Crippen LogP contribution is -2.26. The quantitative estimate of drug-likeness (QED) is 0.678. The second-order valence-electron chi connectivity index (χ2n) is 4.79. The largest absolute Gasteiger partial charge is 0.252 e. The molecule has 2 rings (SSSR count). The first-order chi connectivity index (χ1) is 7.41. The second kappa shape index (κ2) is 3.99. The van der Waals surface area contributed by atoms with Gasteiger partial charge in [0.1, 0.15) is 0 Å². The summed E-state index contributed by atoms with van der Waals surface area (Å²) in [5.74, 6) is -2.32. The predicted octanol–water partition coefficient (Wildman–Crippen LogP) is 4.59. The van der Waals surface area contributed by atoms with E-state index in [9.17, 15) is 8.78 Å². The molecule has 3 heteroatoms. The highest BCUT2D eigenvalue weighted by atomic mass is 35.5. The first-order valence-electron chi connectivity index (χ1n) is 5.59. The van der Waals surface area contributed by atoms with Crippen molar-refractivity contribution in [2.75, 3.05) is 0 Å². The van der Waals surface area contributed by atoms with Crippen molar-refractivity contribution in [3.63, 3.8) is 0 Å². The summed E-state index contributed by atoms with van der Waals surface area (Å²) in [7, 11) is 0. The van der Waals surface area contributed by atoms with E-state index in [1.165, 1.54) is 0 Å². The average molecular weight is 245 g/mol. The van der Waals surface area contributed by atoms with E-state index in [0.29, 0.717) is 17.0 Å². The van der Waals surface area contributed by atoms with Crippen LogP contribution in [0.1, 0.15) is 42.9 Å². The molecule has 0 aromatic heterocycles. The Labute approximate surface area is 99.6 Å². The highest BCUT2D eigenvalue weighted by Crippen LogP contribution is 2.39. The first-order valence-corrected chi connectivity index (χ1v) is 5.96. The molecule has 0 atom stereocenters. The molecule has 88 valence electrons. The van der Waals surface area contributed by atoms with E-state index in [2.05, 4.69) is 0 Å². The normalized spacial score (nSPS) is 18.6. The molecule has 0 saturated carbocycles. The number of fused-ring (bicyclic) bond motifs is 1. The Morgan fingerprint density at radius 2 is 2.00 bits per heavy atom. The van der Waals surface area contributed by atoms with Gasteiger partial charge >= 0.3 is 0 Å². The smallest absolute Gasteiger partial charge is 0.207 e. The molecule has 1 aliphatic carbocycles. The fourth-order valence-electron chi connectivity index (χ4n) is 2.22. The predicted molar refractivity (Wildman–Crippen MR) is 62.5 cm³/mol. The standard InChI is InChI=1S/C13H15ClF2/c1-8(2)10-4-3-9-5-6-13(15,16)7-11(9)12(10)14/h3-4,8H,5-7H2,1-2H3. The van der Waals surface area contributed by atoms with Crippen molar-refractivity contribution in [3.05, 3.63) is 33.8 Å². The van der Waals surface area contributed by atoms with Gasteiger partial charge in [-0.05, 0) is 29.0 Å². The molecule has 0 nitrogen and oxygen atoms in total. The van der Waals surface area contributed by atoms with Crippen LogP contribution in [0.2, 0.25) is 5.02 Å². The summed E-state index contributed by atoms with van der Waals surface area (Å²) in [4.78, 5) is 0. The summed E-state index contributed by atoms with van der Waals surface area (Å²) in [6.07, 6.45) is 0.166. The van der Waals surface area contributed by atoms with Gasteiger partial charge in [0.05, 0.1) is 0 Å². The van der Waals surface area contributed by atoms with Gasteiger partial charge in [0, 0.05) is 17.9 Å². The Hall–Kier alpha value is -0.630. The van der Waals surface area contributed by atoms with Gasteiger partial charge in [0.25, 0.3) is 5.92 Å². The molecule has 0 amide bonds. The van der Waals surface area contributed by atoms with Gasteiger partial charge in [-0.15, -0.1) is 0 Å². The average Bonchev–Trinajstić information content (AvgIpc) is 2.18. The second-order valence-corrected chi connectivity index (χ2v) is 5.17. The fraction of sp³-hybridized carbons (Fsp3) is 0.538. The van der Waals surface area contributed by atoms with Crippen LogP contribution in [0.3, 0.4) is 0 Å². The molecule has 0 spiro atoms. The molecule has 0 unspecified atom stereocenters. The zero-order valence-corrected chi connectivity index (χ0v) is 10.2. The third-order valence-corrected chi connectivity index (χ3v) is 3.63. The molecule has 0 radical (unpaired) electrons. The molecule has 16 heavy (non-hydrogen) atoms. The summed E-state index contributed by atoms with van der Waals surface area (Å²) in [6, 6.07) is 3.92. The van der Waals surface area contributed by atoms with Crippen molar-refractivity contribution < 1.29 is 8.78 Å².